The van der Waals surface area contributed by atoms with Gasteiger partial charge in [-0.25, -0.2) is 9.97 Å². The van der Waals surface area contributed by atoms with Crippen LogP contribution in [0.15, 0.2) is 65.9 Å². The van der Waals surface area contributed by atoms with Crippen molar-refractivity contribution in [2.24, 2.45) is 4.99 Å². The topological polar surface area (TPSA) is 63.1 Å². The van der Waals surface area contributed by atoms with Crippen molar-refractivity contribution in [3.63, 3.8) is 0 Å². The van der Waals surface area contributed by atoms with Crippen LogP contribution in [0.1, 0.15) is 36.4 Å². The Morgan fingerprint density at radius 2 is 2.00 bits per heavy atom. The van der Waals surface area contributed by atoms with Gasteiger partial charge < -0.3 is 5.32 Å². The first-order chi connectivity index (χ1) is 16.3. The van der Waals surface area contributed by atoms with E-state index in [0.29, 0.717) is 22.9 Å². The molecule has 0 amide bonds. The van der Waals surface area contributed by atoms with Crippen LogP contribution in [-0.4, -0.2) is 27.3 Å². The fourth-order valence-electron chi connectivity index (χ4n) is 3.52. The number of halogens is 3. The number of aromatic nitrogens is 3. The lowest BCUT2D eigenvalue weighted by Crippen LogP contribution is -2.10. The van der Waals surface area contributed by atoms with Gasteiger partial charge in [0.1, 0.15) is 11.5 Å². The number of hydrogen-bond donors (Lipinski definition) is 1. The van der Waals surface area contributed by atoms with Gasteiger partial charge in [-0.05, 0) is 56.2 Å². The number of pyridine rings is 2. The summed E-state index contributed by atoms with van der Waals surface area (Å²) in [6.45, 7) is 5.15. The number of thiazole rings is 1. The second-order valence-electron chi connectivity index (χ2n) is 8.02. The highest BCUT2D eigenvalue weighted by atomic mass is 32.1. The van der Waals surface area contributed by atoms with Gasteiger partial charge in [0, 0.05) is 35.0 Å². The predicted molar refractivity (Wildman–Crippen MR) is 132 cm³/mol. The van der Waals surface area contributed by atoms with Crippen LogP contribution < -0.4 is 5.32 Å². The molecule has 0 aliphatic heterocycles. The molecule has 0 unspecified atom stereocenters. The Hall–Kier alpha value is -3.59. The lowest BCUT2D eigenvalue weighted by Gasteiger charge is -2.11. The first-order valence-corrected chi connectivity index (χ1v) is 11.5. The molecular weight excluding hydrogens is 459 g/mol. The number of anilines is 2. The number of allylic oxidation sites excluding steroid dienone is 3. The molecule has 1 fully saturated rings. The van der Waals surface area contributed by atoms with Gasteiger partial charge in [0.2, 0.25) is 0 Å². The number of nitrogens with zero attached hydrogens (tertiary/aromatic N) is 4. The van der Waals surface area contributed by atoms with Crippen molar-refractivity contribution in [2.75, 3.05) is 5.32 Å². The minimum atomic E-state index is -4.54. The van der Waals surface area contributed by atoms with E-state index in [9.17, 15) is 13.2 Å². The Labute approximate surface area is 197 Å². The standard InChI is InChI=1S/C25H20F3N5S/c1-3-22(25(26,27)28)30-13-14(2)19-12-20-17(5-4-10-29-20)23(32-19)31-16-8-9-18-21(11-16)34-24(33-18)15-6-7-15/h3-5,8-13,15H,2,6-7H2,1H3,(H,31,32)/b22-3-,30-13-. The Balaban J connectivity index is 1.48. The lowest BCUT2D eigenvalue weighted by atomic mass is 10.1. The van der Waals surface area contributed by atoms with Crippen molar-refractivity contribution >= 4 is 55.7 Å². The van der Waals surface area contributed by atoms with Crippen LogP contribution in [0.5, 0.6) is 0 Å². The molecule has 5 rings (SSSR count). The minimum absolute atomic E-state index is 0.242. The number of rotatable bonds is 6. The zero-order valence-electron chi connectivity index (χ0n) is 18.2. The number of benzene rings is 1. The van der Waals surface area contributed by atoms with Crippen LogP contribution in [-0.2, 0) is 0 Å². The summed E-state index contributed by atoms with van der Waals surface area (Å²) in [6.07, 6.45) is 1.50. The lowest BCUT2D eigenvalue weighted by molar-refractivity contribution is -0.0923. The molecule has 0 atom stereocenters. The van der Waals surface area contributed by atoms with Crippen LogP contribution in [0.25, 0.3) is 26.7 Å². The molecule has 34 heavy (non-hydrogen) atoms. The van der Waals surface area contributed by atoms with Gasteiger partial charge in [0.15, 0.2) is 0 Å². The van der Waals surface area contributed by atoms with Crippen molar-refractivity contribution in [3.05, 3.63) is 71.6 Å². The van der Waals surface area contributed by atoms with Gasteiger partial charge in [-0.3, -0.25) is 9.98 Å². The zero-order chi connectivity index (χ0) is 23.9. The highest BCUT2D eigenvalue weighted by Crippen LogP contribution is 2.43. The van der Waals surface area contributed by atoms with Gasteiger partial charge in [0.05, 0.1) is 26.4 Å². The van der Waals surface area contributed by atoms with E-state index in [-0.39, 0.29) is 5.57 Å². The quantitative estimate of drug-likeness (QED) is 0.293. The highest BCUT2D eigenvalue weighted by Gasteiger charge is 2.32. The fourth-order valence-corrected chi connectivity index (χ4v) is 4.70. The van der Waals surface area contributed by atoms with Crippen LogP contribution in [0, 0.1) is 0 Å². The molecule has 1 saturated carbocycles. The maximum atomic E-state index is 13.0. The van der Waals surface area contributed by atoms with E-state index < -0.39 is 11.9 Å². The van der Waals surface area contributed by atoms with Gasteiger partial charge in [-0.1, -0.05) is 12.7 Å². The maximum Gasteiger partial charge on any atom is 0.433 e. The third-order valence-electron chi connectivity index (χ3n) is 5.45. The van der Waals surface area contributed by atoms with Crippen molar-refractivity contribution in [1.29, 1.82) is 0 Å². The summed E-state index contributed by atoms with van der Waals surface area (Å²) in [5.41, 5.74) is 2.08. The predicted octanol–water partition coefficient (Wildman–Crippen LogP) is 7.41. The first-order valence-electron chi connectivity index (χ1n) is 10.7. The summed E-state index contributed by atoms with van der Waals surface area (Å²) in [5.74, 6) is 1.12. The fraction of sp³-hybridized carbons (Fsp3) is 0.200. The molecule has 0 spiro atoms. The largest absolute Gasteiger partial charge is 0.433 e. The van der Waals surface area contributed by atoms with E-state index in [1.807, 2.05) is 24.3 Å². The van der Waals surface area contributed by atoms with Crippen LogP contribution in [0.4, 0.5) is 24.7 Å². The molecule has 0 radical (unpaired) electrons. The summed E-state index contributed by atoms with van der Waals surface area (Å²) in [7, 11) is 0. The Morgan fingerprint density at radius 3 is 2.74 bits per heavy atom. The first kappa shape index (κ1) is 22.2. The third kappa shape index (κ3) is 4.56. The van der Waals surface area contributed by atoms with E-state index in [2.05, 4.69) is 26.9 Å². The van der Waals surface area contributed by atoms with Gasteiger partial charge >= 0.3 is 6.18 Å². The number of aliphatic imine (C=N–C) groups is 1. The van der Waals surface area contributed by atoms with E-state index in [0.717, 1.165) is 33.6 Å². The molecule has 1 N–H and O–H groups in total. The number of alkyl halides is 3. The van der Waals surface area contributed by atoms with E-state index >= 15 is 0 Å². The van der Waals surface area contributed by atoms with Gasteiger partial charge in [-0.2, -0.15) is 13.2 Å². The van der Waals surface area contributed by atoms with Crippen molar-refractivity contribution in [1.82, 2.24) is 15.0 Å². The molecule has 9 heteroatoms. The average Bonchev–Trinajstić information content (AvgIpc) is 3.57. The Morgan fingerprint density at radius 1 is 1.18 bits per heavy atom. The van der Waals surface area contributed by atoms with E-state index in [1.165, 1.54) is 24.8 Å². The number of nitrogens with one attached hydrogen (secondary N) is 1. The molecule has 172 valence electrons. The van der Waals surface area contributed by atoms with Crippen molar-refractivity contribution in [3.8, 4) is 0 Å². The van der Waals surface area contributed by atoms with Crippen LogP contribution in [0.2, 0.25) is 0 Å². The molecule has 1 aliphatic rings. The Kier molecular flexibility index (Phi) is 5.65. The summed E-state index contributed by atoms with van der Waals surface area (Å²) < 4.78 is 40.1. The van der Waals surface area contributed by atoms with Gasteiger partial charge in [-0.15, -0.1) is 11.3 Å². The molecule has 0 bridgehead atoms. The summed E-state index contributed by atoms with van der Waals surface area (Å²) in [4.78, 5) is 17.3. The summed E-state index contributed by atoms with van der Waals surface area (Å²) >= 11 is 1.71. The molecule has 3 aromatic heterocycles. The average molecular weight is 480 g/mol. The van der Waals surface area contributed by atoms with E-state index in [1.54, 1.807) is 29.7 Å². The summed E-state index contributed by atoms with van der Waals surface area (Å²) in [5, 5.41) is 5.30. The van der Waals surface area contributed by atoms with Crippen LogP contribution >= 0.6 is 11.3 Å². The number of fused-ring (bicyclic) bond motifs is 2. The third-order valence-corrected chi connectivity index (χ3v) is 6.63. The van der Waals surface area contributed by atoms with Crippen molar-refractivity contribution in [2.45, 2.75) is 31.9 Å². The zero-order valence-corrected chi connectivity index (χ0v) is 19.0. The van der Waals surface area contributed by atoms with Gasteiger partial charge in [0.25, 0.3) is 0 Å². The highest BCUT2D eigenvalue weighted by molar-refractivity contribution is 7.18. The molecular formula is C25H20F3N5S. The summed E-state index contributed by atoms with van der Waals surface area (Å²) in [6, 6.07) is 11.3. The molecule has 3 heterocycles. The molecule has 1 aliphatic carbocycles. The normalized spacial score (nSPS) is 14.9. The van der Waals surface area contributed by atoms with Crippen molar-refractivity contribution < 1.29 is 13.2 Å². The monoisotopic (exact) mass is 479 g/mol. The smallest absolute Gasteiger partial charge is 0.340 e. The number of hydrogen-bond acceptors (Lipinski definition) is 6. The molecule has 5 nitrogen and oxygen atoms in total. The Bertz CT molecular complexity index is 1460. The molecule has 4 aromatic rings. The second kappa shape index (κ2) is 8.64. The minimum Gasteiger partial charge on any atom is -0.340 e. The SMILES string of the molecule is C=C(/C=N\C(=C/C)C(F)(F)F)c1cc2ncccc2c(Nc2ccc3nc(C4CC4)sc3c2)n1. The molecule has 1 aromatic carbocycles. The maximum absolute atomic E-state index is 13.0. The molecule has 0 saturated heterocycles. The van der Waals surface area contributed by atoms with E-state index in [4.69, 9.17) is 4.98 Å². The van der Waals surface area contributed by atoms with Crippen LogP contribution in [0.3, 0.4) is 0 Å². The second-order valence-corrected chi connectivity index (χ2v) is 9.08.